The van der Waals surface area contributed by atoms with Crippen LogP contribution in [0.15, 0.2) is 23.2 Å². The lowest BCUT2D eigenvalue weighted by atomic mass is 10.0. The molecule has 1 aromatic carbocycles. The fourth-order valence-electron chi connectivity index (χ4n) is 3.03. The topological polar surface area (TPSA) is 122 Å². The van der Waals surface area contributed by atoms with Crippen molar-refractivity contribution in [1.82, 2.24) is 5.32 Å². The van der Waals surface area contributed by atoms with E-state index in [2.05, 4.69) is 4.99 Å². The van der Waals surface area contributed by atoms with Gasteiger partial charge < -0.3 is 10.8 Å². The highest BCUT2D eigenvalue weighted by Crippen LogP contribution is 2.59. The first-order chi connectivity index (χ1) is 10.5. The number of aliphatic imine (C=N–C) groups is 1. The Kier molecular flexibility index (Phi) is 3.03. The van der Waals surface area contributed by atoms with Crippen molar-refractivity contribution in [2.45, 2.75) is 35.8 Å². The highest BCUT2D eigenvalue weighted by atomic mass is 32.2. The van der Waals surface area contributed by atoms with Crippen molar-refractivity contribution >= 4 is 27.5 Å². The number of carbonyl (C=O) groups is 1. The third-order valence-electron chi connectivity index (χ3n) is 4.52. The zero-order valence-corrected chi connectivity index (χ0v) is 13.3. The summed E-state index contributed by atoms with van der Waals surface area (Å²) in [6.45, 7) is 2.77. The van der Waals surface area contributed by atoms with Crippen LogP contribution in [0.3, 0.4) is 0 Å². The highest BCUT2D eigenvalue weighted by molar-refractivity contribution is 7.94. The number of nitrogens with two attached hydrogens (primary N) is 1. The number of nitrogens with zero attached hydrogens (tertiary/aromatic N) is 1. The van der Waals surface area contributed by atoms with Gasteiger partial charge in [-0.05, 0) is 38.5 Å². The lowest BCUT2D eigenvalue weighted by molar-refractivity contribution is 0.199. The van der Waals surface area contributed by atoms with Crippen molar-refractivity contribution in [1.29, 1.82) is 0 Å². The zero-order valence-electron chi connectivity index (χ0n) is 12.5. The van der Waals surface area contributed by atoms with E-state index in [-0.39, 0.29) is 23.5 Å². The number of amidine groups is 1. The van der Waals surface area contributed by atoms with Crippen LogP contribution < -0.4 is 11.1 Å². The summed E-state index contributed by atoms with van der Waals surface area (Å²) in [6, 6.07) is 3.88. The first kappa shape index (κ1) is 15.7. The molecule has 1 saturated carbocycles. The summed E-state index contributed by atoms with van der Waals surface area (Å²) >= 11 is 0. The molecule has 1 fully saturated rings. The number of halogens is 1. The molecule has 2 atom stereocenters. The molecular weight excluding hydrogens is 325 g/mol. The maximum atomic E-state index is 14.2. The Morgan fingerprint density at radius 3 is 2.74 bits per heavy atom. The minimum Gasteiger partial charge on any atom is -0.465 e. The lowest BCUT2D eigenvalue weighted by Crippen LogP contribution is -2.54. The maximum absolute atomic E-state index is 14.2. The maximum Gasteiger partial charge on any atom is 0.410 e. The van der Waals surface area contributed by atoms with E-state index in [1.54, 1.807) is 0 Å². The Balaban J connectivity index is 2.22. The molecule has 1 aliphatic carbocycles. The molecule has 1 amide bonds. The van der Waals surface area contributed by atoms with E-state index in [4.69, 9.17) is 10.8 Å². The van der Waals surface area contributed by atoms with Crippen LogP contribution in [0, 0.1) is 5.82 Å². The first-order valence-electron chi connectivity index (χ1n) is 6.91. The largest absolute Gasteiger partial charge is 0.465 e. The van der Waals surface area contributed by atoms with E-state index in [1.165, 1.54) is 26.0 Å². The van der Waals surface area contributed by atoms with E-state index in [9.17, 15) is 17.6 Å². The van der Waals surface area contributed by atoms with Crippen LogP contribution in [0.5, 0.6) is 0 Å². The fraction of sp³-hybridized carbons (Fsp3) is 0.429. The van der Waals surface area contributed by atoms with Crippen LogP contribution in [0.25, 0.3) is 0 Å². The van der Waals surface area contributed by atoms with Crippen molar-refractivity contribution in [2.75, 3.05) is 5.73 Å². The third-order valence-corrected chi connectivity index (χ3v) is 7.44. The molecule has 0 spiro atoms. The molecule has 1 heterocycles. The number of hydrogen-bond acceptors (Lipinski definition) is 5. The van der Waals surface area contributed by atoms with Crippen molar-refractivity contribution in [2.24, 2.45) is 4.99 Å². The van der Waals surface area contributed by atoms with Gasteiger partial charge in [-0.1, -0.05) is 0 Å². The minimum absolute atomic E-state index is 0.0752. The fourth-order valence-corrected chi connectivity index (χ4v) is 5.27. The van der Waals surface area contributed by atoms with Gasteiger partial charge in [-0.3, -0.25) is 10.3 Å². The molecule has 2 aliphatic rings. The molecule has 0 saturated heterocycles. The molecule has 0 radical (unpaired) electrons. The van der Waals surface area contributed by atoms with Crippen LogP contribution in [-0.4, -0.2) is 35.5 Å². The number of hydrogen-bond donors (Lipinski definition) is 3. The number of amides is 1. The Morgan fingerprint density at radius 2 is 2.13 bits per heavy atom. The average molecular weight is 341 g/mol. The molecule has 4 N–H and O–H groups in total. The molecule has 23 heavy (non-hydrogen) atoms. The molecular formula is C14H16FN3O4S. The summed E-state index contributed by atoms with van der Waals surface area (Å²) in [5.74, 6) is -0.824. The van der Waals surface area contributed by atoms with Gasteiger partial charge in [0.05, 0.1) is 5.25 Å². The number of anilines is 1. The molecule has 0 bridgehead atoms. The van der Waals surface area contributed by atoms with Gasteiger partial charge in [-0.25, -0.2) is 17.6 Å². The highest BCUT2D eigenvalue weighted by Gasteiger charge is 2.70. The summed E-state index contributed by atoms with van der Waals surface area (Å²) in [5.41, 5.74) is 4.72. The van der Waals surface area contributed by atoms with Crippen LogP contribution in [-0.2, 0) is 15.4 Å². The summed E-state index contributed by atoms with van der Waals surface area (Å²) in [5, 5.41) is 10.1. The van der Waals surface area contributed by atoms with Crippen LogP contribution in [0.4, 0.5) is 14.9 Å². The quantitative estimate of drug-likeness (QED) is 0.664. The van der Waals surface area contributed by atoms with Gasteiger partial charge in [0.15, 0.2) is 9.84 Å². The molecule has 9 heteroatoms. The standard InChI is InChI=1S/C14H16FN3O4S/c1-13(2)11(17-12(19)20)18-14(6-10(14)23(13,21)22)8-5-7(16)3-4-9(8)15/h3-5,10H,6,16H2,1-2H3,(H,17,18)(H,19,20)/t10-,14-/m1/s1. The minimum atomic E-state index is -3.76. The SMILES string of the molecule is CC1(C)C(NC(=O)O)=N[C@@]2(c3cc(N)ccc3F)C[C@H]2S1(=O)=O. The van der Waals surface area contributed by atoms with Gasteiger partial charge in [0.1, 0.15) is 21.9 Å². The van der Waals surface area contributed by atoms with Crippen molar-refractivity contribution in [3.63, 3.8) is 0 Å². The second-order valence-electron chi connectivity index (χ2n) is 6.30. The summed E-state index contributed by atoms with van der Waals surface area (Å²) < 4.78 is 38.3. The second-order valence-corrected chi connectivity index (χ2v) is 8.98. The van der Waals surface area contributed by atoms with Gasteiger partial charge in [-0.15, -0.1) is 0 Å². The van der Waals surface area contributed by atoms with E-state index < -0.39 is 37.3 Å². The van der Waals surface area contributed by atoms with Gasteiger partial charge in [0, 0.05) is 11.3 Å². The van der Waals surface area contributed by atoms with E-state index >= 15 is 0 Å². The summed E-state index contributed by atoms with van der Waals surface area (Å²) in [6.07, 6.45) is -1.32. The van der Waals surface area contributed by atoms with E-state index in [1.807, 2.05) is 5.32 Å². The predicted octanol–water partition coefficient (Wildman–Crippen LogP) is 1.25. The number of sulfone groups is 1. The molecule has 3 rings (SSSR count). The van der Waals surface area contributed by atoms with Crippen molar-refractivity contribution < 1.29 is 22.7 Å². The first-order valence-corrected chi connectivity index (χ1v) is 8.46. The van der Waals surface area contributed by atoms with Crippen LogP contribution in [0.1, 0.15) is 25.8 Å². The average Bonchev–Trinajstić information content (AvgIpc) is 3.15. The van der Waals surface area contributed by atoms with E-state index in [0.717, 1.165) is 6.07 Å². The Labute approximate surface area is 132 Å². The molecule has 0 unspecified atom stereocenters. The summed E-state index contributed by atoms with van der Waals surface area (Å²) in [4.78, 5) is 15.3. The van der Waals surface area contributed by atoms with E-state index in [0.29, 0.717) is 0 Å². The number of fused-ring (bicyclic) bond motifs is 1. The van der Waals surface area contributed by atoms with Crippen molar-refractivity contribution in [3.8, 4) is 0 Å². The number of nitrogen functional groups attached to an aromatic ring is 1. The lowest BCUT2D eigenvalue weighted by Gasteiger charge is -2.33. The van der Waals surface area contributed by atoms with Crippen molar-refractivity contribution in [3.05, 3.63) is 29.6 Å². The molecule has 0 aromatic heterocycles. The number of benzene rings is 1. The normalized spacial score (nSPS) is 30.0. The molecule has 1 aromatic rings. The molecule has 7 nitrogen and oxygen atoms in total. The Hall–Kier alpha value is -2.16. The zero-order chi connectivity index (χ0) is 17.2. The predicted molar refractivity (Wildman–Crippen MR) is 82.5 cm³/mol. The Morgan fingerprint density at radius 1 is 1.48 bits per heavy atom. The second kappa shape index (κ2) is 4.44. The van der Waals surface area contributed by atoms with Gasteiger partial charge in [0.2, 0.25) is 0 Å². The number of rotatable bonds is 1. The monoisotopic (exact) mass is 341 g/mol. The van der Waals surface area contributed by atoms with Crippen LogP contribution >= 0.6 is 0 Å². The van der Waals surface area contributed by atoms with Gasteiger partial charge >= 0.3 is 6.09 Å². The number of carboxylic acid groups (broad SMARTS) is 1. The van der Waals surface area contributed by atoms with Crippen LogP contribution in [0.2, 0.25) is 0 Å². The molecule has 1 aliphatic heterocycles. The third kappa shape index (κ3) is 2.03. The molecule has 124 valence electrons. The number of nitrogens with one attached hydrogen (secondary N) is 1. The van der Waals surface area contributed by atoms with Gasteiger partial charge in [0.25, 0.3) is 0 Å². The smallest absolute Gasteiger partial charge is 0.410 e. The van der Waals surface area contributed by atoms with Gasteiger partial charge in [-0.2, -0.15) is 0 Å². The summed E-state index contributed by atoms with van der Waals surface area (Å²) in [7, 11) is -3.76. The Bertz CT molecular complexity index is 850.